The summed E-state index contributed by atoms with van der Waals surface area (Å²) in [6.07, 6.45) is 1.66. The van der Waals surface area contributed by atoms with Gasteiger partial charge in [0.05, 0.1) is 14.2 Å². The van der Waals surface area contributed by atoms with Gasteiger partial charge in [0.25, 0.3) is 0 Å². The molecule has 4 nitrogen and oxygen atoms in total. The van der Waals surface area contributed by atoms with Crippen molar-refractivity contribution < 1.29 is 9.47 Å². The van der Waals surface area contributed by atoms with Crippen LogP contribution in [0.4, 0.5) is 5.69 Å². The van der Waals surface area contributed by atoms with E-state index < -0.39 is 0 Å². The van der Waals surface area contributed by atoms with E-state index in [0.717, 1.165) is 22.7 Å². The van der Waals surface area contributed by atoms with Crippen LogP contribution < -0.4 is 14.8 Å². The minimum Gasteiger partial charge on any atom is -0.497 e. The average Bonchev–Trinajstić information content (AvgIpc) is 2.45. The van der Waals surface area contributed by atoms with Gasteiger partial charge in [-0.15, -0.1) is 0 Å². The molecule has 0 amide bonds. The van der Waals surface area contributed by atoms with Crippen LogP contribution in [0.5, 0.6) is 11.5 Å². The molecule has 2 rings (SSSR count). The highest BCUT2D eigenvalue weighted by Crippen LogP contribution is 2.25. The first-order valence-corrected chi connectivity index (χ1v) is 6.17. The predicted molar refractivity (Wildman–Crippen MR) is 76.1 cm³/mol. The molecule has 1 heterocycles. The van der Waals surface area contributed by atoms with Crippen molar-refractivity contribution in [2.45, 2.75) is 6.54 Å². The molecule has 5 heteroatoms. The smallest absolute Gasteiger partial charge is 0.131 e. The molecule has 0 aliphatic carbocycles. The summed E-state index contributed by atoms with van der Waals surface area (Å²) < 4.78 is 10.5. The highest BCUT2D eigenvalue weighted by Gasteiger charge is 2.05. The monoisotopic (exact) mass is 278 g/mol. The first-order chi connectivity index (χ1) is 9.22. The largest absolute Gasteiger partial charge is 0.497 e. The number of aromatic nitrogens is 1. The van der Waals surface area contributed by atoms with Crippen molar-refractivity contribution in [1.82, 2.24) is 4.98 Å². The lowest BCUT2D eigenvalue weighted by atomic mass is 10.2. The van der Waals surface area contributed by atoms with E-state index in [-0.39, 0.29) is 0 Å². The van der Waals surface area contributed by atoms with Gasteiger partial charge in [0.15, 0.2) is 0 Å². The Morgan fingerprint density at radius 3 is 2.68 bits per heavy atom. The van der Waals surface area contributed by atoms with Gasteiger partial charge in [-0.1, -0.05) is 11.6 Å². The van der Waals surface area contributed by atoms with E-state index in [1.165, 1.54) is 0 Å². The van der Waals surface area contributed by atoms with Gasteiger partial charge in [0.2, 0.25) is 0 Å². The van der Waals surface area contributed by atoms with E-state index in [9.17, 15) is 0 Å². The van der Waals surface area contributed by atoms with E-state index in [1.54, 1.807) is 26.5 Å². The molecule has 1 N–H and O–H groups in total. The third-order valence-electron chi connectivity index (χ3n) is 2.70. The van der Waals surface area contributed by atoms with Crippen LogP contribution in [0, 0.1) is 0 Å². The lowest BCUT2D eigenvalue weighted by molar-refractivity contribution is 0.399. The zero-order valence-electron chi connectivity index (χ0n) is 10.8. The summed E-state index contributed by atoms with van der Waals surface area (Å²) >= 11 is 5.84. The Balaban J connectivity index is 2.14. The second-order valence-electron chi connectivity index (χ2n) is 3.90. The molecule has 0 bridgehead atoms. The molecule has 0 atom stereocenters. The molecule has 0 aliphatic heterocycles. The number of methoxy groups -OCH3 is 2. The van der Waals surface area contributed by atoms with Gasteiger partial charge in [-0.25, -0.2) is 4.98 Å². The molecule has 0 radical (unpaired) electrons. The van der Waals surface area contributed by atoms with Crippen LogP contribution in [-0.4, -0.2) is 19.2 Å². The Labute approximate surface area is 117 Å². The van der Waals surface area contributed by atoms with Crippen molar-refractivity contribution in [2.24, 2.45) is 0 Å². The average molecular weight is 279 g/mol. The Hall–Kier alpha value is -1.94. The standard InChI is InChI=1S/C14H15ClN2O2/c1-18-12-3-4-13(19-2)10(7-12)9-17-11-5-6-16-14(15)8-11/h3-8H,9H2,1-2H3,(H,16,17). The highest BCUT2D eigenvalue weighted by atomic mass is 35.5. The van der Waals surface area contributed by atoms with Crippen molar-refractivity contribution in [3.05, 3.63) is 47.2 Å². The topological polar surface area (TPSA) is 43.4 Å². The summed E-state index contributed by atoms with van der Waals surface area (Å²) in [6, 6.07) is 9.32. The molecule has 0 aliphatic rings. The Bertz CT molecular complexity index is 561. The number of pyridine rings is 1. The van der Waals surface area contributed by atoms with Crippen molar-refractivity contribution in [3.8, 4) is 11.5 Å². The maximum Gasteiger partial charge on any atom is 0.131 e. The molecule has 1 aromatic heterocycles. The number of hydrogen-bond acceptors (Lipinski definition) is 4. The predicted octanol–water partition coefficient (Wildman–Crippen LogP) is 3.36. The van der Waals surface area contributed by atoms with Gasteiger partial charge in [-0.2, -0.15) is 0 Å². The minimum atomic E-state index is 0.461. The van der Waals surface area contributed by atoms with Crippen LogP contribution in [0.3, 0.4) is 0 Å². The van der Waals surface area contributed by atoms with Crippen molar-refractivity contribution in [3.63, 3.8) is 0 Å². The summed E-state index contributed by atoms with van der Waals surface area (Å²) in [5, 5.41) is 3.73. The molecular formula is C14H15ClN2O2. The summed E-state index contributed by atoms with van der Waals surface area (Å²) in [7, 11) is 3.29. The van der Waals surface area contributed by atoms with E-state index in [2.05, 4.69) is 10.3 Å². The fraction of sp³-hybridized carbons (Fsp3) is 0.214. The number of nitrogens with one attached hydrogen (secondary N) is 1. The summed E-state index contributed by atoms with van der Waals surface area (Å²) in [4.78, 5) is 3.94. The maximum atomic E-state index is 5.84. The molecule has 0 saturated heterocycles. The Kier molecular flexibility index (Phi) is 4.47. The molecule has 0 fully saturated rings. The van der Waals surface area contributed by atoms with E-state index in [0.29, 0.717) is 11.7 Å². The Morgan fingerprint density at radius 2 is 2.00 bits per heavy atom. The number of halogens is 1. The van der Waals surface area contributed by atoms with Gasteiger partial charge in [-0.3, -0.25) is 0 Å². The van der Waals surface area contributed by atoms with Crippen LogP contribution >= 0.6 is 11.6 Å². The van der Waals surface area contributed by atoms with Crippen LogP contribution in [0.2, 0.25) is 5.15 Å². The van der Waals surface area contributed by atoms with Crippen molar-refractivity contribution in [1.29, 1.82) is 0 Å². The second-order valence-corrected chi connectivity index (χ2v) is 4.29. The van der Waals surface area contributed by atoms with Crippen LogP contribution in [0.25, 0.3) is 0 Å². The first-order valence-electron chi connectivity index (χ1n) is 5.79. The van der Waals surface area contributed by atoms with Gasteiger partial charge in [0.1, 0.15) is 16.7 Å². The van der Waals surface area contributed by atoms with Crippen LogP contribution in [-0.2, 0) is 6.54 Å². The molecule has 1 aromatic carbocycles. The SMILES string of the molecule is COc1ccc(OC)c(CNc2ccnc(Cl)c2)c1. The van der Waals surface area contributed by atoms with Crippen molar-refractivity contribution in [2.75, 3.05) is 19.5 Å². The molecule has 0 saturated carbocycles. The zero-order chi connectivity index (χ0) is 13.7. The third-order valence-corrected chi connectivity index (χ3v) is 2.90. The van der Waals surface area contributed by atoms with Gasteiger partial charge in [0, 0.05) is 24.0 Å². The molecule has 19 heavy (non-hydrogen) atoms. The molecule has 0 unspecified atom stereocenters. The second kappa shape index (κ2) is 6.29. The lowest BCUT2D eigenvalue weighted by Crippen LogP contribution is -2.02. The molecule has 2 aromatic rings. The lowest BCUT2D eigenvalue weighted by Gasteiger charge is -2.12. The van der Waals surface area contributed by atoms with Gasteiger partial charge >= 0.3 is 0 Å². The fourth-order valence-corrected chi connectivity index (χ4v) is 1.90. The number of hydrogen-bond donors (Lipinski definition) is 1. The Morgan fingerprint density at radius 1 is 1.16 bits per heavy atom. The number of rotatable bonds is 5. The van der Waals surface area contributed by atoms with E-state index >= 15 is 0 Å². The van der Waals surface area contributed by atoms with E-state index in [1.807, 2.05) is 24.3 Å². The summed E-state index contributed by atoms with van der Waals surface area (Å²) in [6.45, 7) is 0.612. The number of anilines is 1. The quantitative estimate of drug-likeness (QED) is 0.852. The molecule has 0 spiro atoms. The van der Waals surface area contributed by atoms with E-state index in [4.69, 9.17) is 21.1 Å². The summed E-state index contributed by atoms with van der Waals surface area (Å²) in [5.41, 5.74) is 1.92. The number of benzene rings is 1. The highest BCUT2D eigenvalue weighted by molar-refractivity contribution is 6.29. The first kappa shape index (κ1) is 13.5. The zero-order valence-corrected chi connectivity index (χ0v) is 11.6. The normalized spacial score (nSPS) is 10.1. The van der Waals surface area contributed by atoms with Crippen LogP contribution in [0.1, 0.15) is 5.56 Å². The third kappa shape index (κ3) is 3.51. The minimum absolute atomic E-state index is 0.461. The molecule has 100 valence electrons. The number of nitrogens with zero attached hydrogens (tertiary/aromatic N) is 1. The maximum absolute atomic E-state index is 5.84. The van der Waals surface area contributed by atoms with Gasteiger partial charge < -0.3 is 14.8 Å². The fourth-order valence-electron chi connectivity index (χ4n) is 1.73. The van der Waals surface area contributed by atoms with Crippen LogP contribution in [0.15, 0.2) is 36.5 Å². The van der Waals surface area contributed by atoms with Gasteiger partial charge in [-0.05, 0) is 30.3 Å². The summed E-state index contributed by atoms with van der Waals surface area (Å²) in [5.74, 6) is 1.61. The van der Waals surface area contributed by atoms with Crippen molar-refractivity contribution >= 4 is 17.3 Å². The number of ether oxygens (including phenoxy) is 2. The molecular weight excluding hydrogens is 264 g/mol.